The van der Waals surface area contributed by atoms with Crippen molar-refractivity contribution in [1.82, 2.24) is 31.1 Å². The number of carbonyl (C=O) groups is 7. The molecule has 0 aliphatic heterocycles. The van der Waals surface area contributed by atoms with Crippen LogP contribution >= 0.6 is 11.8 Å². The van der Waals surface area contributed by atoms with E-state index < -0.39 is 59.6 Å². The Labute approximate surface area is 272 Å². The molecular formula is C30H55N7O7S. The van der Waals surface area contributed by atoms with Gasteiger partial charge in [-0.25, -0.2) is 0 Å². The Morgan fingerprint density at radius 1 is 0.756 bits per heavy atom. The summed E-state index contributed by atoms with van der Waals surface area (Å²) in [5.74, 6) is -3.68. The van der Waals surface area contributed by atoms with Crippen LogP contribution in [0.3, 0.4) is 0 Å². The molecule has 258 valence electrons. The number of rotatable bonds is 20. The summed E-state index contributed by atoms with van der Waals surface area (Å²) in [5, 5.41) is 10.8. The van der Waals surface area contributed by atoms with E-state index in [1.807, 2.05) is 34.0 Å². The van der Waals surface area contributed by atoms with Crippen LogP contribution in [0.5, 0.6) is 0 Å². The van der Waals surface area contributed by atoms with E-state index in [2.05, 4.69) is 21.3 Å². The Morgan fingerprint density at radius 2 is 1.29 bits per heavy atom. The van der Waals surface area contributed by atoms with Gasteiger partial charge in [0.05, 0.1) is 13.1 Å². The minimum atomic E-state index is -1.01. The first-order valence-electron chi connectivity index (χ1n) is 15.3. The molecule has 0 aromatic heterocycles. The average Bonchev–Trinajstić information content (AvgIpc) is 2.93. The molecule has 0 saturated carbocycles. The van der Waals surface area contributed by atoms with Crippen LogP contribution in [-0.2, 0) is 33.6 Å². The summed E-state index contributed by atoms with van der Waals surface area (Å²) in [5.41, 5.74) is 5.22. The van der Waals surface area contributed by atoms with E-state index in [0.29, 0.717) is 12.2 Å². The molecule has 0 aliphatic rings. The smallest absolute Gasteiger partial charge is 0.245 e. The third-order valence-corrected chi connectivity index (χ3v) is 7.84. The van der Waals surface area contributed by atoms with Gasteiger partial charge in [0.2, 0.25) is 41.4 Å². The Balaban J connectivity index is 5.82. The molecule has 45 heavy (non-hydrogen) atoms. The van der Waals surface area contributed by atoms with Crippen molar-refractivity contribution >= 4 is 53.1 Å². The van der Waals surface area contributed by atoms with Gasteiger partial charge >= 0.3 is 0 Å². The third-order valence-electron chi connectivity index (χ3n) is 7.20. The van der Waals surface area contributed by atoms with Crippen molar-refractivity contribution < 1.29 is 33.6 Å². The predicted molar refractivity (Wildman–Crippen MR) is 175 cm³/mol. The van der Waals surface area contributed by atoms with E-state index >= 15 is 0 Å². The van der Waals surface area contributed by atoms with Crippen LogP contribution < -0.4 is 27.0 Å². The molecule has 0 radical (unpaired) electrons. The molecule has 14 nitrogen and oxygen atoms in total. The van der Waals surface area contributed by atoms with Crippen LogP contribution in [0, 0.1) is 17.8 Å². The molecule has 7 amide bonds. The summed E-state index contributed by atoms with van der Waals surface area (Å²) in [6.07, 6.45) is 3.01. The van der Waals surface area contributed by atoms with Gasteiger partial charge in [0.25, 0.3) is 0 Å². The van der Waals surface area contributed by atoms with E-state index in [1.165, 1.54) is 37.7 Å². The first-order valence-corrected chi connectivity index (χ1v) is 16.7. The minimum absolute atomic E-state index is 0.00262. The lowest BCUT2D eigenvalue weighted by Gasteiger charge is -2.30. The number of hydrogen-bond donors (Lipinski definition) is 5. The Morgan fingerprint density at radius 3 is 1.76 bits per heavy atom. The van der Waals surface area contributed by atoms with E-state index in [9.17, 15) is 33.6 Å². The van der Waals surface area contributed by atoms with Gasteiger partial charge in [0.1, 0.15) is 24.2 Å². The number of primary amides is 1. The Hall–Kier alpha value is -3.36. The molecule has 0 rings (SSSR count). The second-order valence-electron chi connectivity index (χ2n) is 12.2. The normalized spacial score (nSPS) is 14.4. The maximum Gasteiger partial charge on any atom is 0.245 e. The van der Waals surface area contributed by atoms with Crippen LogP contribution in [0.15, 0.2) is 0 Å². The van der Waals surface area contributed by atoms with Crippen LogP contribution in [-0.4, -0.2) is 115 Å². The molecule has 0 saturated heterocycles. The molecular weight excluding hydrogens is 602 g/mol. The van der Waals surface area contributed by atoms with Gasteiger partial charge in [-0.1, -0.05) is 48.0 Å². The Kier molecular flexibility index (Phi) is 19.1. The van der Waals surface area contributed by atoms with E-state index in [0.717, 1.165) is 4.90 Å². The lowest BCUT2D eigenvalue weighted by molar-refractivity contribution is -0.140. The molecule has 0 aromatic rings. The summed E-state index contributed by atoms with van der Waals surface area (Å²) in [7, 11) is 2.86. The molecule has 15 heteroatoms. The zero-order chi connectivity index (χ0) is 35.0. The molecule has 0 aromatic carbocycles. The van der Waals surface area contributed by atoms with Crippen molar-refractivity contribution in [2.45, 2.75) is 91.9 Å². The zero-order valence-electron chi connectivity index (χ0n) is 28.5. The second kappa shape index (κ2) is 20.6. The SMILES string of the molecule is CC[C@H](C)[C@H](NC(C)=O)C(=O)N(C)CC(=O)N[C@@H](CC(C)C)C(=O)N[C@@H](CCSC)C(=O)N[C@H](C(=O)N(C)CC(N)=O)C(C)C. The molecule has 6 N–H and O–H groups in total. The highest BCUT2D eigenvalue weighted by atomic mass is 32.2. The Bertz CT molecular complexity index is 1040. The summed E-state index contributed by atoms with van der Waals surface area (Å²) < 4.78 is 0. The first-order chi connectivity index (χ1) is 20.9. The van der Waals surface area contributed by atoms with Crippen LogP contribution in [0.4, 0.5) is 0 Å². The maximum atomic E-state index is 13.5. The molecule has 0 fully saturated rings. The average molecular weight is 658 g/mol. The standard InChI is InChI=1S/C30H55N7O7S/c1-11-19(6)26(32-20(7)38)30(44)37(9)16-24(40)33-22(14-17(2)3)28(42)34-21(12-13-45-10)27(41)35-25(18(4)5)29(43)36(8)15-23(31)39/h17-19,21-22,25-26H,11-16H2,1-10H3,(H2,31,39)(H,32,38)(H,33,40)(H,34,42)(H,35,41)/t19-,21-,22-,25-,26-/m0/s1. The van der Waals surface area contributed by atoms with Crippen molar-refractivity contribution in [1.29, 1.82) is 0 Å². The fourth-order valence-corrected chi connectivity index (χ4v) is 4.94. The van der Waals surface area contributed by atoms with Gasteiger partial charge in [0.15, 0.2) is 0 Å². The van der Waals surface area contributed by atoms with Crippen molar-refractivity contribution in [3.05, 3.63) is 0 Å². The fraction of sp³-hybridized carbons (Fsp3) is 0.767. The quantitative estimate of drug-likeness (QED) is 0.119. The second-order valence-corrected chi connectivity index (χ2v) is 13.2. The molecule has 0 unspecified atom stereocenters. The predicted octanol–water partition coefficient (Wildman–Crippen LogP) is -0.151. The van der Waals surface area contributed by atoms with Crippen molar-refractivity contribution in [3.63, 3.8) is 0 Å². The number of nitrogens with zero attached hydrogens (tertiary/aromatic N) is 2. The number of amides is 7. The van der Waals surface area contributed by atoms with E-state index in [-0.39, 0.29) is 49.6 Å². The molecule has 0 heterocycles. The number of hydrogen-bond acceptors (Lipinski definition) is 8. The monoisotopic (exact) mass is 657 g/mol. The van der Waals surface area contributed by atoms with Gasteiger partial charge in [-0.15, -0.1) is 0 Å². The molecule has 0 spiro atoms. The molecule has 5 atom stereocenters. The zero-order valence-corrected chi connectivity index (χ0v) is 29.3. The van der Waals surface area contributed by atoms with Gasteiger partial charge in [-0.2, -0.15) is 11.8 Å². The lowest BCUT2D eigenvalue weighted by Crippen LogP contribution is -2.59. The molecule has 0 bridgehead atoms. The van der Waals surface area contributed by atoms with Gasteiger partial charge in [-0.3, -0.25) is 33.6 Å². The van der Waals surface area contributed by atoms with Gasteiger partial charge < -0.3 is 36.8 Å². The maximum absolute atomic E-state index is 13.5. The van der Waals surface area contributed by atoms with Crippen LogP contribution in [0.2, 0.25) is 0 Å². The highest BCUT2D eigenvalue weighted by Crippen LogP contribution is 2.12. The number of carbonyl (C=O) groups excluding carboxylic acids is 7. The lowest BCUT2D eigenvalue weighted by atomic mass is 9.98. The highest BCUT2D eigenvalue weighted by Gasteiger charge is 2.33. The van der Waals surface area contributed by atoms with Crippen molar-refractivity contribution in [2.24, 2.45) is 23.5 Å². The van der Waals surface area contributed by atoms with Crippen molar-refractivity contribution in [2.75, 3.05) is 39.2 Å². The number of nitrogens with two attached hydrogens (primary N) is 1. The highest BCUT2D eigenvalue weighted by molar-refractivity contribution is 7.98. The summed E-state index contributed by atoms with van der Waals surface area (Å²) in [6, 6.07) is -3.78. The van der Waals surface area contributed by atoms with Crippen LogP contribution in [0.1, 0.15) is 67.7 Å². The number of thioether (sulfide) groups is 1. The van der Waals surface area contributed by atoms with Crippen LogP contribution in [0.25, 0.3) is 0 Å². The van der Waals surface area contributed by atoms with Gasteiger partial charge in [-0.05, 0) is 42.6 Å². The largest absolute Gasteiger partial charge is 0.368 e. The fourth-order valence-electron chi connectivity index (χ4n) is 4.47. The minimum Gasteiger partial charge on any atom is -0.368 e. The summed E-state index contributed by atoms with van der Waals surface area (Å²) in [6.45, 7) is 11.6. The van der Waals surface area contributed by atoms with Gasteiger partial charge in [0, 0.05) is 21.0 Å². The van der Waals surface area contributed by atoms with E-state index in [4.69, 9.17) is 5.73 Å². The molecule has 0 aliphatic carbocycles. The first kappa shape index (κ1) is 41.6. The summed E-state index contributed by atoms with van der Waals surface area (Å²) >= 11 is 1.47. The number of nitrogens with one attached hydrogen (secondary N) is 4. The van der Waals surface area contributed by atoms with E-state index in [1.54, 1.807) is 13.8 Å². The third kappa shape index (κ3) is 15.5. The topological polar surface area (TPSA) is 200 Å². The van der Waals surface area contributed by atoms with Crippen molar-refractivity contribution in [3.8, 4) is 0 Å². The summed E-state index contributed by atoms with van der Waals surface area (Å²) in [4.78, 5) is 91.3. The number of likely N-dealkylation sites (N-methyl/N-ethyl adjacent to an activating group) is 2.